The van der Waals surface area contributed by atoms with Crippen LogP contribution in [0.15, 0.2) is 60.7 Å². The molecule has 0 radical (unpaired) electrons. The first-order valence-corrected chi connectivity index (χ1v) is 11.3. The van der Waals surface area contributed by atoms with Crippen LogP contribution >= 0.6 is 0 Å². The highest BCUT2D eigenvalue weighted by Gasteiger charge is 2.61. The Morgan fingerprint density at radius 3 is 2.24 bits per heavy atom. The number of fused-ring (bicyclic) bond motifs is 1. The van der Waals surface area contributed by atoms with Crippen molar-refractivity contribution in [3.8, 4) is 0 Å². The average molecular weight is 390 g/mol. The lowest BCUT2D eigenvalue weighted by Crippen LogP contribution is -2.49. The van der Waals surface area contributed by atoms with Crippen LogP contribution in [0.5, 0.6) is 0 Å². The van der Waals surface area contributed by atoms with Crippen LogP contribution in [0.25, 0.3) is 0 Å². The van der Waals surface area contributed by atoms with E-state index in [0.29, 0.717) is 18.6 Å². The Morgan fingerprint density at radius 2 is 1.55 bits per heavy atom. The molecule has 2 aromatic rings. The third-order valence-electron chi connectivity index (χ3n) is 7.49. The molecule has 0 N–H and O–H groups in total. The van der Waals surface area contributed by atoms with Crippen molar-refractivity contribution in [3.63, 3.8) is 0 Å². The summed E-state index contributed by atoms with van der Waals surface area (Å²) >= 11 is 0. The first-order valence-electron chi connectivity index (χ1n) is 11.3. The van der Waals surface area contributed by atoms with Crippen LogP contribution in [0.3, 0.4) is 0 Å². The number of nitrogens with zero attached hydrogens (tertiary/aromatic N) is 1. The fraction of sp³-hybridized carbons (Fsp3) is 0.500. The van der Waals surface area contributed by atoms with Gasteiger partial charge < -0.3 is 4.74 Å². The van der Waals surface area contributed by atoms with Gasteiger partial charge in [-0.25, -0.2) is 0 Å². The van der Waals surface area contributed by atoms with Gasteiger partial charge in [-0.05, 0) is 56.3 Å². The summed E-state index contributed by atoms with van der Waals surface area (Å²) in [5, 5.41) is 0. The second kappa shape index (κ2) is 7.95. The van der Waals surface area contributed by atoms with Crippen molar-refractivity contribution in [1.82, 2.24) is 4.90 Å². The summed E-state index contributed by atoms with van der Waals surface area (Å²) in [6.45, 7) is 3.04. The molecule has 3 atom stereocenters. The van der Waals surface area contributed by atoms with E-state index in [1.807, 2.05) is 12.1 Å². The minimum atomic E-state index is -0.219. The fourth-order valence-corrected chi connectivity index (χ4v) is 5.88. The van der Waals surface area contributed by atoms with E-state index in [9.17, 15) is 4.79 Å². The largest absolute Gasteiger partial charge is 0.465 e. The SMILES string of the molecule is O=C(OC[C@H]1CCCN2CCCC[C@H]12)[C@@H]1CC1(c1ccccc1)c1ccccc1. The van der Waals surface area contributed by atoms with Crippen LogP contribution in [-0.2, 0) is 14.9 Å². The molecule has 0 unspecified atom stereocenters. The molecule has 2 saturated heterocycles. The highest BCUT2D eigenvalue weighted by atomic mass is 16.5. The normalized spacial score (nSPS) is 28.3. The van der Waals surface area contributed by atoms with E-state index in [4.69, 9.17) is 4.74 Å². The summed E-state index contributed by atoms with van der Waals surface area (Å²) < 4.78 is 5.99. The molecule has 1 aliphatic carbocycles. The molecule has 3 aliphatic rings. The Kier molecular flexibility index (Phi) is 5.17. The van der Waals surface area contributed by atoms with Crippen molar-refractivity contribution >= 4 is 5.97 Å². The van der Waals surface area contributed by atoms with E-state index in [2.05, 4.69) is 53.4 Å². The van der Waals surface area contributed by atoms with Gasteiger partial charge in [-0.3, -0.25) is 9.69 Å². The molecular weight excluding hydrogens is 358 g/mol. The van der Waals surface area contributed by atoms with E-state index >= 15 is 0 Å². The van der Waals surface area contributed by atoms with Gasteiger partial charge in [-0.15, -0.1) is 0 Å². The molecular formula is C26H31NO2. The molecule has 5 rings (SSSR count). The molecule has 3 fully saturated rings. The summed E-state index contributed by atoms with van der Waals surface area (Å²) in [5.74, 6) is 0.429. The summed E-state index contributed by atoms with van der Waals surface area (Å²) in [7, 11) is 0. The second-order valence-corrected chi connectivity index (χ2v) is 9.09. The zero-order chi connectivity index (χ0) is 19.7. The maximum atomic E-state index is 13.1. The lowest BCUT2D eigenvalue weighted by atomic mass is 9.84. The Balaban J connectivity index is 1.30. The quantitative estimate of drug-likeness (QED) is 0.688. The maximum Gasteiger partial charge on any atom is 0.310 e. The molecule has 152 valence electrons. The Hall–Kier alpha value is -2.13. The summed E-state index contributed by atoms with van der Waals surface area (Å²) in [6.07, 6.45) is 7.19. The number of rotatable bonds is 5. The van der Waals surface area contributed by atoms with E-state index in [0.717, 1.165) is 6.42 Å². The molecule has 2 heterocycles. The molecule has 3 heteroatoms. The van der Waals surface area contributed by atoms with Crippen molar-refractivity contribution in [1.29, 1.82) is 0 Å². The van der Waals surface area contributed by atoms with Crippen LogP contribution in [0.4, 0.5) is 0 Å². The van der Waals surface area contributed by atoms with E-state index < -0.39 is 0 Å². The minimum absolute atomic E-state index is 0.00867. The van der Waals surface area contributed by atoms with Gasteiger partial charge in [0.05, 0.1) is 12.5 Å². The average Bonchev–Trinajstić information content (AvgIpc) is 3.56. The third-order valence-corrected chi connectivity index (χ3v) is 7.49. The summed E-state index contributed by atoms with van der Waals surface area (Å²) in [4.78, 5) is 15.8. The smallest absolute Gasteiger partial charge is 0.310 e. The number of ether oxygens (including phenoxy) is 1. The van der Waals surface area contributed by atoms with Crippen molar-refractivity contribution < 1.29 is 9.53 Å². The van der Waals surface area contributed by atoms with Crippen LogP contribution < -0.4 is 0 Å². The van der Waals surface area contributed by atoms with Gasteiger partial charge in [0.15, 0.2) is 0 Å². The Morgan fingerprint density at radius 1 is 0.897 bits per heavy atom. The standard InChI is InChI=1S/C26H31NO2/c28-25(29-19-20-10-9-17-27-16-8-7-15-24(20)27)23-18-26(23,21-11-3-1-4-12-21)22-13-5-2-6-14-22/h1-6,11-14,20,23-24H,7-10,15-19H2/t20-,23+,24-/m1/s1. The van der Waals surface area contributed by atoms with Crippen LogP contribution in [0, 0.1) is 11.8 Å². The summed E-state index contributed by atoms with van der Waals surface area (Å²) in [6, 6.07) is 21.6. The first-order chi connectivity index (χ1) is 14.3. The molecule has 0 spiro atoms. The lowest BCUT2D eigenvalue weighted by molar-refractivity contribution is -0.148. The van der Waals surface area contributed by atoms with Crippen LogP contribution in [0.1, 0.15) is 49.7 Å². The molecule has 3 nitrogen and oxygen atoms in total. The molecule has 1 saturated carbocycles. The number of hydrogen-bond acceptors (Lipinski definition) is 3. The van der Waals surface area contributed by atoms with Crippen molar-refractivity contribution in [2.24, 2.45) is 11.8 Å². The number of hydrogen-bond donors (Lipinski definition) is 0. The fourth-order valence-electron chi connectivity index (χ4n) is 5.88. The second-order valence-electron chi connectivity index (χ2n) is 9.09. The number of piperidine rings is 2. The van der Waals surface area contributed by atoms with Crippen LogP contribution in [0.2, 0.25) is 0 Å². The van der Waals surface area contributed by atoms with Gasteiger partial charge in [0.25, 0.3) is 0 Å². The van der Waals surface area contributed by atoms with Crippen molar-refractivity contribution in [3.05, 3.63) is 71.8 Å². The van der Waals surface area contributed by atoms with Crippen molar-refractivity contribution in [2.75, 3.05) is 19.7 Å². The highest BCUT2D eigenvalue weighted by molar-refractivity contribution is 5.81. The maximum absolute atomic E-state index is 13.1. The van der Waals surface area contributed by atoms with Gasteiger partial charge in [0.1, 0.15) is 0 Å². The zero-order valence-electron chi connectivity index (χ0n) is 17.1. The van der Waals surface area contributed by atoms with Crippen LogP contribution in [-0.4, -0.2) is 36.6 Å². The number of carbonyl (C=O) groups is 1. The monoisotopic (exact) mass is 389 g/mol. The highest BCUT2D eigenvalue weighted by Crippen LogP contribution is 2.59. The Labute approximate surface area is 174 Å². The lowest BCUT2D eigenvalue weighted by Gasteiger charge is -2.44. The number of carbonyl (C=O) groups excluding carboxylic acids is 1. The van der Waals surface area contributed by atoms with E-state index in [1.165, 1.54) is 56.3 Å². The van der Waals surface area contributed by atoms with Crippen molar-refractivity contribution in [2.45, 2.75) is 50.0 Å². The topological polar surface area (TPSA) is 29.5 Å². The molecule has 0 bridgehead atoms. The summed E-state index contributed by atoms with van der Waals surface area (Å²) in [5.41, 5.74) is 2.23. The number of esters is 1. The zero-order valence-corrected chi connectivity index (χ0v) is 17.1. The molecule has 0 amide bonds. The first kappa shape index (κ1) is 18.9. The van der Waals surface area contributed by atoms with E-state index in [1.54, 1.807) is 0 Å². The minimum Gasteiger partial charge on any atom is -0.465 e. The van der Waals surface area contributed by atoms with Gasteiger partial charge in [0, 0.05) is 17.4 Å². The van der Waals surface area contributed by atoms with Gasteiger partial charge in [0.2, 0.25) is 0 Å². The Bertz CT molecular complexity index is 793. The predicted octanol–water partition coefficient (Wildman–Crippen LogP) is 4.80. The molecule has 0 aromatic heterocycles. The number of benzene rings is 2. The molecule has 2 aromatic carbocycles. The van der Waals surface area contributed by atoms with Gasteiger partial charge in [-0.2, -0.15) is 0 Å². The third kappa shape index (κ3) is 3.50. The van der Waals surface area contributed by atoms with Gasteiger partial charge >= 0.3 is 5.97 Å². The predicted molar refractivity (Wildman–Crippen MR) is 115 cm³/mol. The molecule has 29 heavy (non-hydrogen) atoms. The van der Waals surface area contributed by atoms with Gasteiger partial charge in [-0.1, -0.05) is 67.1 Å². The molecule has 2 aliphatic heterocycles. The van der Waals surface area contributed by atoms with E-state index in [-0.39, 0.29) is 17.3 Å².